The molecule has 0 aromatic carbocycles. The lowest BCUT2D eigenvalue weighted by molar-refractivity contribution is 0.0847. The smallest absolute Gasteiger partial charge is 0.0613 e. The fourth-order valence-electron chi connectivity index (χ4n) is 3.90. The van der Waals surface area contributed by atoms with Crippen LogP contribution in [0, 0.1) is 11.8 Å². The maximum absolute atomic E-state index is 5.79. The molecule has 3 heteroatoms. The predicted octanol–water partition coefficient (Wildman–Crippen LogP) is 2.90. The van der Waals surface area contributed by atoms with Gasteiger partial charge in [-0.25, -0.2) is 0 Å². The van der Waals surface area contributed by atoms with Gasteiger partial charge in [0.05, 0.1) is 6.10 Å². The summed E-state index contributed by atoms with van der Waals surface area (Å²) in [6.45, 7) is 12.9. The predicted molar refractivity (Wildman–Crippen MR) is 85.1 cm³/mol. The van der Waals surface area contributed by atoms with Crippen LogP contribution >= 0.6 is 0 Å². The van der Waals surface area contributed by atoms with E-state index in [1.807, 2.05) is 0 Å². The van der Waals surface area contributed by atoms with Crippen molar-refractivity contribution < 1.29 is 4.74 Å². The molecule has 1 N–H and O–H groups in total. The normalized spacial score (nSPS) is 33.5. The SMILES string of the molecule is CCCN1CCCC(C(C)NCC2CCOC2CC)C1. The van der Waals surface area contributed by atoms with Crippen LogP contribution in [-0.2, 0) is 4.74 Å². The van der Waals surface area contributed by atoms with Gasteiger partial charge < -0.3 is 15.0 Å². The van der Waals surface area contributed by atoms with Gasteiger partial charge in [-0.15, -0.1) is 0 Å². The maximum Gasteiger partial charge on any atom is 0.0613 e. The summed E-state index contributed by atoms with van der Waals surface area (Å²) in [7, 11) is 0. The third-order valence-corrected chi connectivity index (χ3v) is 5.24. The molecular formula is C17H34N2O. The number of likely N-dealkylation sites (tertiary alicyclic amines) is 1. The van der Waals surface area contributed by atoms with Crippen LogP contribution in [0.4, 0.5) is 0 Å². The molecule has 0 bridgehead atoms. The van der Waals surface area contributed by atoms with Crippen molar-refractivity contribution >= 4 is 0 Å². The molecule has 2 rings (SSSR count). The molecule has 2 aliphatic heterocycles. The number of hydrogen-bond acceptors (Lipinski definition) is 3. The van der Waals surface area contributed by atoms with Crippen molar-refractivity contribution in [3.63, 3.8) is 0 Å². The van der Waals surface area contributed by atoms with E-state index in [1.54, 1.807) is 0 Å². The number of piperidine rings is 1. The van der Waals surface area contributed by atoms with E-state index in [0.717, 1.165) is 31.4 Å². The van der Waals surface area contributed by atoms with Gasteiger partial charge in [0, 0.05) is 25.7 Å². The number of hydrogen-bond donors (Lipinski definition) is 1. The second kappa shape index (κ2) is 8.35. The van der Waals surface area contributed by atoms with Crippen molar-refractivity contribution in [2.75, 3.05) is 32.8 Å². The summed E-state index contributed by atoms with van der Waals surface area (Å²) in [5.74, 6) is 1.57. The third-order valence-electron chi connectivity index (χ3n) is 5.24. The maximum atomic E-state index is 5.79. The summed E-state index contributed by atoms with van der Waals surface area (Å²) >= 11 is 0. The first-order valence-electron chi connectivity index (χ1n) is 8.81. The first-order chi connectivity index (χ1) is 9.74. The molecule has 0 aliphatic carbocycles. The van der Waals surface area contributed by atoms with Crippen molar-refractivity contribution in [2.45, 2.75) is 65.0 Å². The van der Waals surface area contributed by atoms with Crippen molar-refractivity contribution in [1.82, 2.24) is 10.2 Å². The Morgan fingerprint density at radius 2 is 2.15 bits per heavy atom. The molecular weight excluding hydrogens is 248 g/mol. The third kappa shape index (κ3) is 4.44. The minimum atomic E-state index is 0.498. The van der Waals surface area contributed by atoms with Crippen LogP contribution in [0.3, 0.4) is 0 Å². The van der Waals surface area contributed by atoms with Crippen LogP contribution in [0.15, 0.2) is 0 Å². The number of ether oxygens (including phenoxy) is 1. The van der Waals surface area contributed by atoms with Crippen molar-refractivity contribution in [3.8, 4) is 0 Å². The summed E-state index contributed by atoms with van der Waals surface area (Å²) in [5, 5.41) is 3.81. The van der Waals surface area contributed by atoms with Gasteiger partial charge in [-0.1, -0.05) is 13.8 Å². The summed E-state index contributed by atoms with van der Waals surface area (Å²) in [6, 6.07) is 0.646. The van der Waals surface area contributed by atoms with E-state index in [1.165, 1.54) is 45.3 Å². The largest absolute Gasteiger partial charge is 0.378 e. The Bertz CT molecular complexity index is 270. The molecule has 4 atom stereocenters. The Morgan fingerprint density at radius 1 is 1.30 bits per heavy atom. The zero-order valence-corrected chi connectivity index (χ0v) is 13.7. The lowest BCUT2D eigenvalue weighted by atomic mass is 9.90. The van der Waals surface area contributed by atoms with Gasteiger partial charge in [0.15, 0.2) is 0 Å². The van der Waals surface area contributed by atoms with Crippen LogP contribution in [-0.4, -0.2) is 49.8 Å². The van der Waals surface area contributed by atoms with Crippen LogP contribution in [0.5, 0.6) is 0 Å². The van der Waals surface area contributed by atoms with E-state index >= 15 is 0 Å². The highest BCUT2D eigenvalue weighted by Crippen LogP contribution is 2.24. The van der Waals surface area contributed by atoms with Crippen LogP contribution < -0.4 is 5.32 Å². The van der Waals surface area contributed by atoms with Gasteiger partial charge in [-0.3, -0.25) is 0 Å². The molecule has 0 radical (unpaired) electrons. The zero-order valence-electron chi connectivity index (χ0n) is 13.7. The topological polar surface area (TPSA) is 24.5 Å². The zero-order chi connectivity index (χ0) is 14.4. The summed E-state index contributed by atoms with van der Waals surface area (Å²) in [6.07, 6.45) is 6.96. The standard InChI is InChI=1S/C17H34N2O/c1-4-9-19-10-6-7-16(13-19)14(3)18-12-15-8-11-20-17(15)5-2/h14-18H,4-13H2,1-3H3. The van der Waals surface area contributed by atoms with E-state index in [2.05, 4.69) is 31.0 Å². The highest BCUT2D eigenvalue weighted by Gasteiger charge is 2.29. The first-order valence-corrected chi connectivity index (χ1v) is 8.81. The molecule has 4 unspecified atom stereocenters. The van der Waals surface area contributed by atoms with Gasteiger partial charge in [-0.05, 0) is 64.0 Å². The molecule has 0 amide bonds. The summed E-state index contributed by atoms with van der Waals surface area (Å²) in [4.78, 5) is 2.65. The van der Waals surface area contributed by atoms with Gasteiger partial charge >= 0.3 is 0 Å². The highest BCUT2D eigenvalue weighted by molar-refractivity contribution is 4.83. The molecule has 0 aromatic heterocycles. The minimum Gasteiger partial charge on any atom is -0.378 e. The lowest BCUT2D eigenvalue weighted by Gasteiger charge is -2.36. The number of nitrogens with one attached hydrogen (secondary N) is 1. The molecule has 20 heavy (non-hydrogen) atoms. The van der Waals surface area contributed by atoms with E-state index in [9.17, 15) is 0 Å². The number of rotatable bonds is 7. The van der Waals surface area contributed by atoms with Crippen molar-refractivity contribution in [2.24, 2.45) is 11.8 Å². The van der Waals surface area contributed by atoms with Crippen LogP contribution in [0.2, 0.25) is 0 Å². The average molecular weight is 282 g/mol. The Balaban J connectivity index is 1.72. The van der Waals surface area contributed by atoms with Crippen LogP contribution in [0.25, 0.3) is 0 Å². The lowest BCUT2D eigenvalue weighted by Crippen LogP contribution is -2.46. The minimum absolute atomic E-state index is 0.498. The van der Waals surface area contributed by atoms with Crippen molar-refractivity contribution in [1.29, 1.82) is 0 Å². The van der Waals surface area contributed by atoms with Gasteiger partial charge in [0.2, 0.25) is 0 Å². The second-order valence-electron chi connectivity index (χ2n) is 6.77. The molecule has 2 heterocycles. The Morgan fingerprint density at radius 3 is 2.90 bits per heavy atom. The molecule has 118 valence electrons. The van der Waals surface area contributed by atoms with E-state index in [4.69, 9.17) is 4.74 Å². The molecule has 2 aliphatic rings. The summed E-state index contributed by atoms with van der Waals surface area (Å²) < 4.78 is 5.79. The molecule has 0 aromatic rings. The fraction of sp³-hybridized carbons (Fsp3) is 1.00. The van der Waals surface area contributed by atoms with E-state index < -0.39 is 0 Å². The van der Waals surface area contributed by atoms with Gasteiger partial charge in [-0.2, -0.15) is 0 Å². The quantitative estimate of drug-likeness (QED) is 0.777. The number of nitrogens with zero attached hydrogens (tertiary/aromatic N) is 1. The van der Waals surface area contributed by atoms with E-state index in [-0.39, 0.29) is 0 Å². The fourth-order valence-corrected chi connectivity index (χ4v) is 3.90. The Kier molecular flexibility index (Phi) is 6.79. The molecule has 0 saturated carbocycles. The van der Waals surface area contributed by atoms with Crippen LogP contribution in [0.1, 0.15) is 52.9 Å². The van der Waals surface area contributed by atoms with Crippen molar-refractivity contribution in [3.05, 3.63) is 0 Å². The summed E-state index contributed by atoms with van der Waals surface area (Å²) in [5.41, 5.74) is 0. The molecule has 2 saturated heterocycles. The Labute approximate surface area is 125 Å². The molecule has 2 fully saturated rings. The first kappa shape index (κ1) is 16.3. The average Bonchev–Trinajstić information content (AvgIpc) is 2.93. The van der Waals surface area contributed by atoms with Gasteiger partial charge in [0.25, 0.3) is 0 Å². The Hall–Kier alpha value is -0.120. The highest BCUT2D eigenvalue weighted by atomic mass is 16.5. The van der Waals surface area contributed by atoms with Gasteiger partial charge in [0.1, 0.15) is 0 Å². The molecule has 3 nitrogen and oxygen atoms in total. The molecule has 0 spiro atoms. The second-order valence-corrected chi connectivity index (χ2v) is 6.77. The monoisotopic (exact) mass is 282 g/mol. The van der Waals surface area contributed by atoms with E-state index in [0.29, 0.717) is 12.1 Å².